The maximum atomic E-state index is 5.63. The summed E-state index contributed by atoms with van der Waals surface area (Å²) in [6.07, 6.45) is 0. The quantitative estimate of drug-likeness (QED) is 0.806. The Morgan fingerprint density at radius 2 is 1.50 bits per heavy atom. The number of ether oxygens (including phenoxy) is 3. The lowest BCUT2D eigenvalue weighted by Crippen LogP contribution is -1.97. The molecule has 0 N–H and O–H groups in total. The molecule has 0 amide bonds. The zero-order valence-corrected chi connectivity index (χ0v) is 10.4. The minimum atomic E-state index is 0.590. The van der Waals surface area contributed by atoms with Gasteiger partial charge in [0.25, 0.3) is 0 Å². The summed E-state index contributed by atoms with van der Waals surface area (Å²) in [6.45, 7) is 1.68. The Morgan fingerprint density at radius 3 is 2.17 bits per heavy atom. The van der Waals surface area contributed by atoms with Crippen molar-refractivity contribution >= 4 is 0 Å². The van der Waals surface area contributed by atoms with Gasteiger partial charge in [0.05, 0.1) is 14.2 Å². The van der Waals surface area contributed by atoms with E-state index in [1.54, 1.807) is 20.8 Å². The molecule has 0 aliphatic rings. The Morgan fingerprint density at radius 1 is 0.778 bits per heavy atom. The van der Waals surface area contributed by atoms with Gasteiger partial charge < -0.3 is 14.2 Å². The van der Waals surface area contributed by atoms with Gasteiger partial charge in [0, 0.05) is 0 Å². The second-order valence-corrected chi connectivity index (χ2v) is 3.64. The third-order valence-corrected chi connectivity index (χ3v) is 2.49. The van der Waals surface area contributed by atoms with Crippen LogP contribution in [0.15, 0.2) is 48.5 Å². The molecule has 0 heterocycles. The smallest absolute Gasteiger partial charge is 0.203 e. The Hall–Kier alpha value is -2.16. The van der Waals surface area contributed by atoms with Gasteiger partial charge in [0.1, 0.15) is 0 Å². The summed E-state index contributed by atoms with van der Waals surface area (Å²) >= 11 is 0. The van der Waals surface area contributed by atoms with E-state index in [9.17, 15) is 0 Å². The lowest BCUT2D eigenvalue weighted by molar-refractivity contribution is 0.328. The van der Waals surface area contributed by atoms with Crippen LogP contribution in [-0.2, 0) is 0 Å². The Kier molecular flexibility index (Phi) is 4.07. The second-order valence-electron chi connectivity index (χ2n) is 3.64. The van der Waals surface area contributed by atoms with Crippen LogP contribution in [0.4, 0.5) is 0 Å². The molecule has 2 rings (SSSR count). The van der Waals surface area contributed by atoms with E-state index in [0.717, 1.165) is 5.56 Å². The van der Waals surface area contributed by atoms with Crippen molar-refractivity contribution in [2.24, 2.45) is 0 Å². The zero-order chi connectivity index (χ0) is 12.8. The van der Waals surface area contributed by atoms with Crippen LogP contribution in [0.1, 0.15) is 5.56 Å². The van der Waals surface area contributed by atoms with E-state index in [2.05, 4.69) is 0 Å². The largest absolute Gasteiger partial charge is 0.493 e. The van der Waals surface area contributed by atoms with Crippen molar-refractivity contribution < 1.29 is 14.2 Å². The first-order valence-corrected chi connectivity index (χ1v) is 5.61. The van der Waals surface area contributed by atoms with Crippen molar-refractivity contribution in [2.75, 3.05) is 14.2 Å². The van der Waals surface area contributed by atoms with Crippen LogP contribution in [0.25, 0.3) is 0 Å². The standard InChI is InChI=1S/C15H15O3/c1-16-13-9-6-10-14(15(13)17-2)18-11-12-7-4-3-5-8-12/h3-11H,1-2H3. The minimum absolute atomic E-state index is 0.590. The van der Waals surface area contributed by atoms with Crippen molar-refractivity contribution in [1.82, 2.24) is 0 Å². The Bertz CT molecular complexity index is 494. The molecule has 0 unspecified atom stereocenters. The summed E-state index contributed by atoms with van der Waals surface area (Å²) in [5, 5.41) is 0. The van der Waals surface area contributed by atoms with Gasteiger partial charge in [0.2, 0.25) is 5.75 Å². The van der Waals surface area contributed by atoms with Gasteiger partial charge in [-0.2, -0.15) is 0 Å². The van der Waals surface area contributed by atoms with Gasteiger partial charge in [-0.25, -0.2) is 0 Å². The van der Waals surface area contributed by atoms with Crippen molar-refractivity contribution in [3.63, 3.8) is 0 Å². The normalized spacial score (nSPS) is 9.89. The molecule has 0 atom stereocenters. The summed E-state index contributed by atoms with van der Waals surface area (Å²) in [7, 11) is 3.19. The summed E-state index contributed by atoms with van der Waals surface area (Å²) in [6, 6.07) is 15.3. The molecule has 0 bridgehead atoms. The fraction of sp³-hybridized carbons (Fsp3) is 0.133. The second kappa shape index (κ2) is 5.96. The molecule has 0 spiro atoms. The predicted octanol–water partition coefficient (Wildman–Crippen LogP) is 3.29. The lowest BCUT2D eigenvalue weighted by Gasteiger charge is -2.12. The van der Waals surface area contributed by atoms with Crippen molar-refractivity contribution in [3.8, 4) is 17.2 Å². The zero-order valence-electron chi connectivity index (χ0n) is 10.4. The number of para-hydroxylation sites is 1. The maximum absolute atomic E-state index is 5.63. The average molecular weight is 243 g/mol. The van der Waals surface area contributed by atoms with E-state index in [1.807, 2.05) is 48.5 Å². The van der Waals surface area contributed by atoms with Crippen molar-refractivity contribution in [3.05, 3.63) is 60.7 Å². The number of hydrogen-bond acceptors (Lipinski definition) is 3. The van der Waals surface area contributed by atoms with E-state index in [4.69, 9.17) is 14.2 Å². The lowest BCUT2D eigenvalue weighted by atomic mass is 10.2. The van der Waals surface area contributed by atoms with E-state index >= 15 is 0 Å². The van der Waals surface area contributed by atoms with Gasteiger partial charge in [-0.3, -0.25) is 0 Å². The Labute approximate surface area is 107 Å². The summed E-state index contributed by atoms with van der Waals surface area (Å²) in [4.78, 5) is 0. The van der Waals surface area contributed by atoms with Crippen LogP contribution in [0.2, 0.25) is 0 Å². The Balaban J connectivity index is 2.14. The summed E-state index contributed by atoms with van der Waals surface area (Å²) in [5.74, 6) is 1.87. The number of hydrogen-bond donors (Lipinski definition) is 0. The van der Waals surface area contributed by atoms with Crippen LogP contribution in [-0.4, -0.2) is 14.2 Å². The van der Waals surface area contributed by atoms with E-state index in [0.29, 0.717) is 17.2 Å². The molecular formula is C15H15O3. The summed E-state index contributed by atoms with van der Waals surface area (Å²) < 4.78 is 16.1. The SMILES string of the molecule is COc1cccc(O[CH]c2ccccc2)c1OC. The fourth-order valence-corrected chi connectivity index (χ4v) is 1.61. The van der Waals surface area contributed by atoms with E-state index < -0.39 is 0 Å². The first-order valence-electron chi connectivity index (χ1n) is 5.61. The molecule has 0 fully saturated rings. The molecule has 0 saturated heterocycles. The number of rotatable bonds is 5. The molecule has 18 heavy (non-hydrogen) atoms. The minimum Gasteiger partial charge on any atom is -0.493 e. The maximum Gasteiger partial charge on any atom is 0.203 e. The van der Waals surface area contributed by atoms with Gasteiger partial charge in [-0.05, 0) is 17.7 Å². The van der Waals surface area contributed by atoms with Gasteiger partial charge in [0.15, 0.2) is 18.1 Å². The molecule has 93 valence electrons. The van der Waals surface area contributed by atoms with Crippen molar-refractivity contribution in [2.45, 2.75) is 0 Å². The van der Waals surface area contributed by atoms with E-state index in [1.165, 1.54) is 0 Å². The molecule has 0 aromatic heterocycles. The van der Waals surface area contributed by atoms with Crippen LogP contribution in [0.3, 0.4) is 0 Å². The third kappa shape index (κ3) is 2.74. The van der Waals surface area contributed by atoms with Crippen LogP contribution in [0.5, 0.6) is 17.2 Å². The first kappa shape index (κ1) is 12.3. The molecule has 3 heteroatoms. The highest BCUT2D eigenvalue weighted by atomic mass is 16.5. The molecule has 0 saturated carbocycles. The molecule has 3 nitrogen and oxygen atoms in total. The molecule has 0 aliphatic heterocycles. The highest BCUT2D eigenvalue weighted by molar-refractivity contribution is 5.51. The number of methoxy groups -OCH3 is 2. The molecule has 2 aromatic rings. The fourth-order valence-electron chi connectivity index (χ4n) is 1.61. The molecule has 1 radical (unpaired) electrons. The molecule has 0 aliphatic carbocycles. The average Bonchev–Trinajstić information content (AvgIpc) is 2.45. The highest BCUT2D eigenvalue weighted by Crippen LogP contribution is 2.37. The first-order chi connectivity index (χ1) is 8.85. The topological polar surface area (TPSA) is 27.7 Å². The summed E-state index contributed by atoms with van der Waals surface area (Å²) in [5.41, 5.74) is 0.988. The van der Waals surface area contributed by atoms with Crippen LogP contribution < -0.4 is 14.2 Å². The molecular weight excluding hydrogens is 228 g/mol. The third-order valence-electron chi connectivity index (χ3n) is 2.49. The number of benzene rings is 2. The van der Waals surface area contributed by atoms with E-state index in [-0.39, 0.29) is 0 Å². The van der Waals surface area contributed by atoms with Crippen LogP contribution in [0, 0.1) is 6.61 Å². The van der Waals surface area contributed by atoms with Gasteiger partial charge >= 0.3 is 0 Å². The van der Waals surface area contributed by atoms with Crippen LogP contribution >= 0.6 is 0 Å². The monoisotopic (exact) mass is 243 g/mol. The van der Waals surface area contributed by atoms with Crippen molar-refractivity contribution in [1.29, 1.82) is 0 Å². The molecule has 2 aromatic carbocycles. The highest BCUT2D eigenvalue weighted by Gasteiger charge is 2.10. The predicted molar refractivity (Wildman–Crippen MR) is 70.0 cm³/mol. The van der Waals surface area contributed by atoms with Gasteiger partial charge in [-0.1, -0.05) is 36.4 Å². The van der Waals surface area contributed by atoms with Gasteiger partial charge in [-0.15, -0.1) is 0 Å².